The fourth-order valence-electron chi connectivity index (χ4n) is 2.49. The topological polar surface area (TPSA) is 119 Å². The summed E-state index contributed by atoms with van der Waals surface area (Å²) in [4.78, 5) is 22.7. The number of rotatable bonds is 7. The van der Waals surface area contributed by atoms with Crippen molar-refractivity contribution in [1.82, 2.24) is 0 Å². The van der Waals surface area contributed by atoms with Gasteiger partial charge in [-0.05, 0) is 24.3 Å². The molecule has 0 aliphatic carbocycles. The molecule has 0 aliphatic heterocycles. The van der Waals surface area contributed by atoms with Gasteiger partial charge in [0, 0.05) is 12.1 Å². The van der Waals surface area contributed by atoms with Crippen LogP contribution in [0.3, 0.4) is 0 Å². The average molecular weight is 482 g/mol. The second-order valence-corrected chi connectivity index (χ2v) is 8.44. The first-order chi connectivity index (χ1) is 14.2. The monoisotopic (exact) mass is 481 g/mol. The maximum absolute atomic E-state index is 13.0. The van der Waals surface area contributed by atoms with Crippen LogP contribution in [0.1, 0.15) is 5.56 Å². The van der Waals surface area contributed by atoms with E-state index in [1.807, 2.05) is 0 Å². The van der Waals surface area contributed by atoms with E-state index in [9.17, 15) is 36.5 Å². The number of nitro benzene ring substituents is 1. The van der Waals surface area contributed by atoms with Crippen molar-refractivity contribution in [1.29, 1.82) is 0 Å². The molecular weight excluding hydrogens is 467 g/mol. The molecule has 2 aromatic carbocycles. The van der Waals surface area contributed by atoms with E-state index >= 15 is 0 Å². The number of nitrogens with one attached hydrogen (secondary N) is 1. The minimum Gasteiger partial charge on any atom is -0.495 e. The Balaban J connectivity index is 2.41. The predicted octanol–water partition coefficient (Wildman–Crippen LogP) is 3.68. The highest BCUT2D eigenvalue weighted by Gasteiger charge is 2.33. The molecule has 0 unspecified atom stereocenters. The molecule has 0 aliphatic rings. The Kier molecular flexibility index (Phi) is 7.01. The molecule has 2 aromatic rings. The molecule has 0 aromatic heterocycles. The third kappa shape index (κ3) is 5.98. The molecule has 0 radical (unpaired) electrons. The van der Waals surface area contributed by atoms with Gasteiger partial charge in [0.05, 0.1) is 40.2 Å². The second kappa shape index (κ2) is 8.98. The third-order valence-corrected chi connectivity index (χ3v) is 5.34. The molecule has 0 spiro atoms. The van der Waals surface area contributed by atoms with Gasteiger partial charge in [-0.2, -0.15) is 13.2 Å². The number of carbonyl (C=O) groups is 1. The lowest BCUT2D eigenvalue weighted by molar-refractivity contribution is -0.384. The zero-order valence-electron chi connectivity index (χ0n) is 15.9. The minimum atomic E-state index is -4.78. The summed E-state index contributed by atoms with van der Waals surface area (Å²) in [6.45, 7) is -0.953. The predicted molar refractivity (Wildman–Crippen MR) is 107 cm³/mol. The zero-order chi connectivity index (χ0) is 23.6. The van der Waals surface area contributed by atoms with Gasteiger partial charge in [0.2, 0.25) is 15.9 Å². The van der Waals surface area contributed by atoms with Gasteiger partial charge in [-0.15, -0.1) is 0 Å². The highest BCUT2D eigenvalue weighted by Crippen LogP contribution is 2.36. The van der Waals surface area contributed by atoms with Crippen molar-refractivity contribution < 1.29 is 36.0 Å². The number of non-ortho nitro benzene ring substituents is 1. The zero-order valence-corrected chi connectivity index (χ0v) is 17.5. The van der Waals surface area contributed by atoms with E-state index in [0.717, 1.165) is 18.2 Å². The molecule has 0 saturated heterocycles. The molecule has 2 rings (SSSR count). The number of methoxy groups -OCH3 is 1. The Bertz CT molecular complexity index is 1120. The van der Waals surface area contributed by atoms with Crippen LogP contribution in [-0.2, 0) is 21.0 Å². The van der Waals surface area contributed by atoms with Crippen LogP contribution in [0.15, 0.2) is 36.4 Å². The van der Waals surface area contributed by atoms with Gasteiger partial charge in [0.1, 0.15) is 12.3 Å². The SMILES string of the molecule is COc1ccc([N+](=O)[O-])cc1NC(=O)CN(c1cc(C(F)(F)F)ccc1Cl)S(C)(=O)=O. The van der Waals surface area contributed by atoms with E-state index in [1.165, 1.54) is 13.2 Å². The molecule has 0 atom stereocenters. The lowest BCUT2D eigenvalue weighted by Crippen LogP contribution is -2.37. The molecular formula is C17H15ClF3N3O6S. The largest absolute Gasteiger partial charge is 0.495 e. The van der Waals surface area contributed by atoms with Crippen LogP contribution in [0.5, 0.6) is 5.75 Å². The van der Waals surface area contributed by atoms with Gasteiger partial charge in [-0.25, -0.2) is 8.42 Å². The van der Waals surface area contributed by atoms with E-state index in [-0.39, 0.29) is 22.1 Å². The maximum atomic E-state index is 13.0. The maximum Gasteiger partial charge on any atom is 0.416 e. The smallest absolute Gasteiger partial charge is 0.416 e. The van der Waals surface area contributed by atoms with Crippen molar-refractivity contribution in [2.45, 2.75) is 6.18 Å². The number of ether oxygens (including phenoxy) is 1. The molecule has 14 heteroatoms. The Labute approximate surface area is 179 Å². The van der Waals surface area contributed by atoms with Crippen molar-refractivity contribution in [3.8, 4) is 5.75 Å². The molecule has 0 saturated carbocycles. The third-order valence-electron chi connectivity index (χ3n) is 3.90. The number of sulfonamides is 1. The van der Waals surface area contributed by atoms with Gasteiger partial charge in [-0.3, -0.25) is 19.2 Å². The Morgan fingerprint density at radius 1 is 1.26 bits per heavy atom. The summed E-state index contributed by atoms with van der Waals surface area (Å²) in [7, 11) is -3.01. The van der Waals surface area contributed by atoms with Crippen molar-refractivity contribution in [2.75, 3.05) is 29.5 Å². The fourth-order valence-corrected chi connectivity index (χ4v) is 3.62. The van der Waals surface area contributed by atoms with E-state index < -0.39 is 44.8 Å². The Hall–Kier alpha value is -3.06. The van der Waals surface area contributed by atoms with Crippen molar-refractivity contribution >= 4 is 44.6 Å². The summed E-state index contributed by atoms with van der Waals surface area (Å²) < 4.78 is 68.9. The van der Waals surface area contributed by atoms with Crippen LogP contribution < -0.4 is 14.4 Å². The van der Waals surface area contributed by atoms with Crippen LogP contribution in [-0.4, -0.2) is 39.2 Å². The Morgan fingerprint density at radius 3 is 2.42 bits per heavy atom. The number of nitrogens with zero attached hydrogens (tertiary/aromatic N) is 2. The number of carbonyl (C=O) groups excluding carboxylic acids is 1. The number of halogens is 4. The van der Waals surface area contributed by atoms with Crippen LogP contribution in [0.2, 0.25) is 5.02 Å². The summed E-state index contributed by atoms with van der Waals surface area (Å²) in [5, 5.41) is 12.9. The second-order valence-electron chi connectivity index (χ2n) is 6.12. The summed E-state index contributed by atoms with van der Waals surface area (Å²) in [6.07, 6.45) is -4.09. The van der Waals surface area contributed by atoms with E-state index in [4.69, 9.17) is 16.3 Å². The first-order valence-electron chi connectivity index (χ1n) is 8.20. The molecule has 1 N–H and O–H groups in total. The van der Waals surface area contributed by atoms with Crippen molar-refractivity contribution in [3.63, 3.8) is 0 Å². The number of hydrogen-bond donors (Lipinski definition) is 1. The lowest BCUT2D eigenvalue weighted by atomic mass is 10.2. The van der Waals surface area contributed by atoms with Gasteiger partial charge in [-0.1, -0.05) is 11.6 Å². The summed E-state index contributed by atoms with van der Waals surface area (Å²) in [5.74, 6) is -0.959. The summed E-state index contributed by atoms with van der Waals surface area (Å²) in [6, 6.07) is 5.36. The minimum absolute atomic E-state index is 0.0435. The Morgan fingerprint density at radius 2 is 1.90 bits per heavy atom. The van der Waals surface area contributed by atoms with E-state index in [0.29, 0.717) is 22.7 Å². The highest BCUT2D eigenvalue weighted by atomic mass is 35.5. The van der Waals surface area contributed by atoms with Crippen LogP contribution in [0, 0.1) is 10.1 Å². The molecule has 168 valence electrons. The number of amides is 1. The summed E-state index contributed by atoms with van der Waals surface area (Å²) in [5.41, 5.74) is -2.23. The number of benzene rings is 2. The van der Waals surface area contributed by atoms with Crippen molar-refractivity contribution in [2.24, 2.45) is 0 Å². The number of nitro groups is 1. The van der Waals surface area contributed by atoms with Crippen molar-refractivity contribution in [3.05, 3.63) is 57.1 Å². The highest BCUT2D eigenvalue weighted by molar-refractivity contribution is 7.92. The molecule has 0 bridgehead atoms. The molecule has 9 nitrogen and oxygen atoms in total. The number of anilines is 2. The standard InChI is InChI=1S/C17H15ClF3N3O6S/c1-30-15-6-4-11(24(26)27)8-13(15)22-16(25)9-23(31(2,28)29)14-7-10(17(19,20)21)3-5-12(14)18/h3-8H,9H2,1-2H3,(H,22,25). The van der Waals surface area contributed by atoms with Gasteiger partial charge >= 0.3 is 6.18 Å². The normalized spacial score (nSPS) is 11.7. The van der Waals surface area contributed by atoms with Crippen LogP contribution in [0.25, 0.3) is 0 Å². The fraction of sp³-hybridized carbons (Fsp3) is 0.235. The number of alkyl halides is 3. The molecule has 0 fully saturated rings. The van der Waals surface area contributed by atoms with E-state index in [2.05, 4.69) is 5.32 Å². The lowest BCUT2D eigenvalue weighted by Gasteiger charge is -2.24. The number of hydrogen-bond acceptors (Lipinski definition) is 6. The molecule has 1 amide bonds. The molecule has 0 heterocycles. The van der Waals surface area contributed by atoms with Gasteiger partial charge < -0.3 is 10.1 Å². The first-order valence-corrected chi connectivity index (χ1v) is 10.4. The quantitative estimate of drug-likeness (QED) is 0.476. The van der Waals surface area contributed by atoms with Crippen LogP contribution in [0.4, 0.5) is 30.2 Å². The van der Waals surface area contributed by atoms with Crippen LogP contribution >= 0.6 is 11.6 Å². The summed E-state index contributed by atoms with van der Waals surface area (Å²) >= 11 is 5.89. The molecule has 31 heavy (non-hydrogen) atoms. The van der Waals surface area contributed by atoms with Gasteiger partial charge in [0.15, 0.2) is 0 Å². The van der Waals surface area contributed by atoms with E-state index in [1.54, 1.807) is 0 Å². The van der Waals surface area contributed by atoms with Gasteiger partial charge in [0.25, 0.3) is 5.69 Å². The average Bonchev–Trinajstić information content (AvgIpc) is 2.64. The first kappa shape index (κ1) is 24.2.